The maximum absolute atomic E-state index is 12.5. The quantitative estimate of drug-likeness (QED) is 0.717. The van der Waals surface area contributed by atoms with Crippen molar-refractivity contribution in [1.82, 2.24) is 4.31 Å². The molecule has 0 spiro atoms. The van der Waals surface area contributed by atoms with E-state index in [9.17, 15) is 21.6 Å². The fraction of sp³-hybridized carbons (Fsp3) is 0.909. The maximum atomic E-state index is 12.5. The minimum Gasteiger partial charge on any atom is -0.480 e. The number of carboxylic acids is 1. The average molecular weight is 325 g/mol. The van der Waals surface area contributed by atoms with Gasteiger partial charge in [0.25, 0.3) is 0 Å². The lowest BCUT2D eigenvalue weighted by Gasteiger charge is -2.28. The number of rotatable bonds is 6. The lowest BCUT2D eigenvalue weighted by Crippen LogP contribution is -2.45. The third kappa shape index (κ3) is 3.92. The van der Waals surface area contributed by atoms with Gasteiger partial charge < -0.3 is 5.11 Å². The van der Waals surface area contributed by atoms with Crippen molar-refractivity contribution >= 4 is 25.8 Å². The Morgan fingerprint density at radius 3 is 2.15 bits per heavy atom. The Hall–Kier alpha value is -0.670. The lowest BCUT2D eigenvalue weighted by molar-refractivity contribution is -0.137. The molecule has 116 valence electrons. The summed E-state index contributed by atoms with van der Waals surface area (Å²) < 4.78 is 48.7. The predicted octanol–water partition coefficient (Wildman–Crippen LogP) is -0.310. The number of hydrogen-bond acceptors (Lipinski definition) is 5. The molecule has 1 heterocycles. The Labute approximate surface area is 118 Å². The van der Waals surface area contributed by atoms with E-state index < -0.39 is 37.6 Å². The van der Waals surface area contributed by atoms with Crippen LogP contribution in [0.1, 0.15) is 25.7 Å². The average Bonchev–Trinajstić information content (AvgIpc) is 3.11. The Kier molecular flexibility index (Phi) is 4.41. The second-order valence-corrected chi connectivity index (χ2v) is 10.0. The van der Waals surface area contributed by atoms with Crippen molar-refractivity contribution in [2.45, 2.75) is 30.9 Å². The lowest BCUT2D eigenvalue weighted by atomic mass is 10.2. The minimum absolute atomic E-state index is 0.0610. The number of nitrogens with zero attached hydrogens (tertiary/aromatic N) is 1. The van der Waals surface area contributed by atoms with E-state index in [4.69, 9.17) is 5.11 Å². The number of carboxylic acid groups (broad SMARTS) is 1. The van der Waals surface area contributed by atoms with Crippen molar-refractivity contribution < 1.29 is 26.7 Å². The van der Waals surface area contributed by atoms with Crippen molar-refractivity contribution in [3.8, 4) is 0 Å². The molecule has 2 fully saturated rings. The molecular formula is C11H19NO6S2. The van der Waals surface area contributed by atoms with Gasteiger partial charge in [0.1, 0.15) is 16.4 Å². The molecule has 1 aliphatic heterocycles. The smallest absolute Gasteiger partial charge is 0.318 e. The van der Waals surface area contributed by atoms with Crippen molar-refractivity contribution in [3.05, 3.63) is 0 Å². The van der Waals surface area contributed by atoms with Crippen LogP contribution in [0.5, 0.6) is 0 Å². The number of aliphatic carboxylic acids is 1. The van der Waals surface area contributed by atoms with Crippen LogP contribution in [0.15, 0.2) is 0 Å². The molecule has 0 amide bonds. The topological polar surface area (TPSA) is 109 Å². The van der Waals surface area contributed by atoms with Gasteiger partial charge in [0.05, 0.1) is 16.8 Å². The summed E-state index contributed by atoms with van der Waals surface area (Å²) in [6, 6.07) is 0. The molecule has 1 N–H and O–H groups in total. The highest BCUT2D eigenvalue weighted by Gasteiger charge is 2.39. The fourth-order valence-electron chi connectivity index (χ4n) is 2.37. The molecule has 2 aliphatic rings. The van der Waals surface area contributed by atoms with Crippen LogP contribution in [0.4, 0.5) is 0 Å². The maximum Gasteiger partial charge on any atom is 0.318 e. The van der Waals surface area contributed by atoms with Crippen LogP contribution < -0.4 is 0 Å². The predicted molar refractivity (Wildman–Crippen MR) is 72.5 cm³/mol. The van der Waals surface area contributed by atoms with Gasteiger partial charge in [-0.25, -0.2) is 16.8 Å². The normalized spacial score (nSPS) is 23.9. The van der Waals surface area contributed by atoms with Gasteiger partial charge in [-0.05, 0) is 31.6 Å². The zero-order valence-corrected chi connectivity index (χ0v) is 12.7. The molecule has 0 aromatic heterocycles. The van der Waals surface area contributed by atoms with E-state index >= 15 is 0 Å². The molecule has 0 aromatic rings. The molecule has 0 radical (unpaired) electrons. The van der Waals surface area contributed by atoms with Crippen molar-refractivity contribution in [2.24, 2.45) is 5.92 Å². The molecule has 0 aromatic carbocycles. The zero-order valence-electron chi connectivity index (χ0n) is 11.1. The van der Waals surface area contributed by atoms with Gasteiger partial charge in [-0.1, -0.05) is 0 Å². The minimum atomic E-state index is -3.74. The highest BCUT2D eigenvalue weighted by Crippen LogP contribution is 2.32. The highest BCUT2D eigenvalue weighted by atomic mass is 32.2. The highest BCUT2D eigenvalue weighted by molar-refractivity contribution is 7.92. The first kappa shape index (κ1) is 15.7. The second kappa shape index (κ2) is 5.61. The number of carbonyl (C=O) groups is 1. The van der Waals surface area contributed by atoms with Crippen molar-refractivity contribution in [2.75, 3.05) is 24.6 Å². The molecule has 1 saturated heterocycles. The first-order valence-corrected chi connectivity index (χ1v) is 9.94. The summed E-state index contributed by atoms with van der Waals surface area (Å²) in [7, 11) is -6.87. The monoisotopic (exact) mass is 325 g/mol. The van der Waals surface area contributed by atoms with Gasteiger partial charge in [0, 0.05) is 6.54 Å². The van der Waals surface area contributed by atoms with Gasteiger partial charge in [-0.15, -0.1) is 0 Å². The SMILES string of the molecule is O=C(O)CN(CC1CC1)S(=O)(=O)C1CCS(=O)(=O)CC1. The van der Waals surface area contributed by atoms with Crippen LogP contribution in [0.2, 0.25) is 0 Å². The molecule has 9 heteroatoms. The molecule has 7 nitrogen and oxygen atoms in total. The fourth-order valence-corrected chi connectivity index (χ4v) is 6.13. The van der Waals surface area contributed by atoms with Gasteiger partial charge in [-0.3, -0.25) is 4.79 Å². The molecule has 1 saturated carbocycles. The standard InChI is InChI=1S/C11H19NO6S2/c13-11(14)8-12(7-9-1-2-9)20(17,18)10-3-5-19(15,16)6-4-10/h9-10H,1-8H2,(H,13,14). The summed E-state index contributed by atoms with van der Waals surface area (Å²) in [6.45, 7) is -0.306. The number of sulfonamides is 1. The van der Waals surface area contributed by atoms with Crippen LogP contribution in [0.25, 0.3) is 0 Å². The van der Waals surface area contributed by atoms with Crippen LogP contribution >= 0.6 is 0 Å². The first-order chi connectivity index (χ1) is 9.21. The van der Waals surface area contributed by atoms with E-state index in [0.717, 1.165) is 17.1 Å². The van der Waals surface area contributed by atoms with Gasteiger partial charge in [0.2, 0.25) is 10.0 Å². The summed E-state index contributed by atoms with van der Waals surface area (Å²) >= 11 is 0. The van der Waals surface area contributed by atoms with Crippen LogP contribution in [0.3, 0.4) is 0 Å². The van der Waals surface area contributed by atoms with E-state index in [-0.39, 0.29) is 36.8 Å². The third-order valence-corrected chi connectivity index (χ3v) is 7.78. The molecule has 0 atom stereocenters. The second-order valence-electron chi connectivity index (χ2n) is 5.53. The molecule has 1 aliphatic carbocycles. The van der Waals surface area contributed by atoms with Crippen LogP contribution in [-0.2, 0) is 24.7 Å². The molecular weight excluding hydrogens is 306 g/mol. The van der Waals surface area contributed by atoms with E-state index in [1.165, 1.54) is 0 Å². The summed E-state index contributed by atoms with van der Waals surface area (Å²) in [6.07, 6.45) is 1.96. The summed E-state index contributed by atoms with van der Waals surface area (Å²) in [4.78, 5) is 10.8. The Balaban J connectivity index is 2.10. The van der Waals surface area contributed by atoms with Gasteiger partial charge in [0.15, 0.2) is 0 Å². The van der Waals surface area contributed by atoms with Crippen molar-refractivity contribution in [3.63, 3.8) is 0 Å². The largest absolute Gasteiger partial charge is 0.480 e. The van der Waals surface area contributed by atoms with Gasteiger partial charge in [-0.2, -0.15) is 4.31 Å². The van der Waals surface area contributed by atoms with E-state index in [2.05, 4.69) is 0 Å². The molecule has 20 heavy (non-hydrogen) atoms. The Bertz CT molecular complexity index is 564. The van der Waals surface area contributed by atoms with E-state index in [0.29, 0.717) is 0 Å². The van der Waals surface area contributed by atoms with E-state index in [1.54, 1.807) is 0 Å². The summed E-state index contributed by atoms with van der Waals surface area (Å²) in [5.74, 6) is -1.21. The number of sulfone groups is 1. The van der Waals surface area contributed by atoms with Crippen molar-refractivity contribution in [1.29, 1.82) is 0 Å². The Morgan fingerprint density at radius 2 is 1.70 bits per heavy atom. The molecule has 2 rings (SSSR count). The van der Waals surface area contributed by atoms with Gasteiger partial charge >= 0.3 is 5.97 Å². The first-order valence-electron chi connectivity index (χ1n) is 6.62. The third-order valence-electron chi connectivity index (χ3n) is 3.75. The van der Waals surface area contributed by atoms with Crippen LogP contribution in [-0.4, -0.2) is 62.1 Å². The molecule has 0 bridgehead atoms. The summed E-state index contributed by atoms with van der Waals surface area (Å²) in [5, 5.41) is 8.09. The molecule has 0 unspecified atom stereocenters. The summed E-state index contributed by atoms with van der Waals surface area (Å²) in [5.41, 5.74) is 0. The zero-order chi connectivity index (χ0) is 15.0. The number of hydrogen-bond donors (Lipinski definition) is 1. The van der Waals surface area contributed by atoms with E-state index in [1.807, 2.05) is 0 Å². The Morgan fingerprint density at radius 1 is 1.15 bits per heavy atom. The van der Waals surface area contributed by atoms with Crippen LogP contribution in [0, 0.1) is 5.92 Å².